The van der Waals surface area contributed by atoms with E-state index >= 15 is 0 Å². The first-order chi connectivity index (χ1) is 20.2. The number of nitrogens with one attached hydrogen (secondary N) is 3. The Morgan fingerprint density at radius 3 is 2.44 bits per heavy atom. The summed E-state index contributed by atoms with van der Waals surface area (Å²) in [6.07, 6.45) is 0.798. The molecule has 9 nitrogen and oxygen atoms in total. The highest BCUT2D eigenvalue weighted by Crippen LogP contribution is 2.30. The number of amides is 2. The SMILES string of the molecule is CC(C)(C)OC(=O)CC1CC(CNC(=O)C2Cc3ccccc3CC2NC(=O)c2cc3cc(Cl)ccc3[nH]2)OC(C)(C)O1. The number of hydrogen-bond acceptors (Lipinski definition) is 6. The average molecular weight is 610 g/mol. The second-order valence-electron chi connectivity index (χ2n) is 12.9. The van der Waals surface area contributed by atoms with E-state index in [9.17, 15) is 14.4 Å². The quantitative estimate of drug-likeness (QED) is 0.321. The minimum absolute atomic E-state index is 0.0992. The maximum Gasteiger partial charge on any atom is 0.308 e. The van der Waals surface area contributed by atoms with Crippen molar-refractivity contribution in [3.05, 3.63) is 70.4 Å². The minimum atomic E-state index is -0.926. The Labute approximate surface area is 257 Å². The normalized spacial score (nSPS) is 23.3. The van der Waals surface area contributed by atoms with Crippen molar-refractivity contribution in [3.8, 4) is 0 Å². The van der Waals surface area contributed by atoms with Crippen LogP contribution in [0.1, 0.15) is 69.1 Å². The van der Waals surface area contributed by atoms with E-state index in [4.69, 9.17) is 25.8 Å². The Morgan fingerprint density at radius 2 is 1.72 bits per heavy atom. The fraction of sp³-hybridized carbons (Fsp3) is 0.485. The summed E-state index contributed by atoms with van der Waals surface area (Å²) in [7, 11) is 0. The standard InChI is InChI=1S/C33H40ClN3O6/c1-32(2,3)43-29(38)17-23-16-24(42-33(4,5)41-23)18-35-30(39)25-13-19-8-6-7-9-20(19)14-27(25)37-31(40)28-15-21-12-22(34)10-11-26(21)36-28/h6-12,15,23-25,27,36H,13-14,16-18H2,1-5H3,(H,35,39)(H,37,40). The number of halogens is 1. The van der Waals surface area contributed by atoms with Crippen LogP contribution in [0.5, 0.6) is 0 Å². The first-order valence-corrected chi connectivity index (χ1v) is 15.1. The molecule has 0 bridgehead atoms. The summed E-state index contributed by atoms with van der Waals surface area (Å²) in [4.78, 5) is 42.6. The number of carbonyl (C=O) groups excluding carboxylic acids is 3. The van der Waals surface area contributed by atoms with Gasteiger partial charge in [-0.15, -0.1) is 0 Å². The summed E-state index contributed by atoms with van der Waals surface area (Å²) in [6, 6.07) is 14.8. The molecule has 1 aliphatic heterocycles. The fourth-order valence-corrected chi connectivity index (χ4v) is 6.18. The van der Waals surface area contributed by atoms with Gasteiger partial charge in [0.1, 0.15) is 11.3 Å². The van der Waals surface area contributed by atoms with Crippen molar-refractivity contribution in [2.24, 2.45) is 5.92 Å². The number of fused-ring (bicyclic) bond motifs is 2. The molecule has 1 fully saturated rings. The van der Waals surface area contributed by atoms with Crippen molar-refractivity contribution < 1.29 is 28.6 Å². The molecule has 43 heavy (non-hydrogen) atoms. The molecular formula is C33H40ClN3O6. The topological polar surface area (TPSA) is 119 Å². The predicted molar refractivity (Wildman–Crippen MR) is 164 cm³/mol. The van der Waals surface area contributed by atoms with Crippen LogP contribution >= 0.6 is 11.6 Å². The molecule has 1 saturated heterocycles. The van der Waals surface area contributed by atoms with Crippen LogP contribution in [0.4, 0.5) is 0 Å². The van der Waals surface area contributed by atoms with E-state index in [0.717, 1.165) is 22.0 Å². The second kappa shape index (κ2) is 12.3. The minimum Gasteiger partial charge on any atom is -0.460 e. The molecule has 230 valence electrons. The Hall–Kier alpha value is -3.40. The van der Waals surface area contributed by atoms with E-state index in [1.165, 1.54) is 0 Å². The highest BCUT2D eigenvalue weighted by molar-refractivity contribution is 6.31. The van der Waals surface area contributed by atoms with Crippen molar-refractivity contribution in [3.63, 3.8) is 0 Å². The number of esters is 1. The van der Waals surface area contributed by atoms with Crippen LogP contribution in [0.3, 0.4) is 0 Å². The molecular weight excluding hydrogens is 570 g/mol. The van der Waals surface area contributed by atoms with Crippen LogP contribution in [0, 0.1) is 5.92 Å². The lowest BCUT2D eigenvalue weighted by Crippen LogP contribution is -2.53. The van der Waals surface area contributed by atoms with E-state index in [0.29, 0.717) is 30.0 Å². The van der Waals surface area contributed by atoms with Gasteiger partial charge in [-0.3, -0.25) is 14.4 Å². The zero-order chi connectivity index (χ0) is 30.9. The zero-order valence-electron chi connectivity index (χ0n) is 25.3. The molecule has 2 amide bonds. The molecule has 4 unspecified atom stereocenters. The van der Waals surface area contributed by atoms with Gasteiger partial charge < -0.3 is 29.8 Å². The molecule has 2 aliphatic rings. The summed E-state index contributed by atoms with van der Waals surface area (Å²) in [5.41, 5.74) is 2.83. The van der Waals surface area contributed by atoms with Crippen molar-refractivity contribution in [1.29, 1.82) is 0 Å². The molecule has 0 saturated carbocycles. The number of ether oxygens (including phenoxy) is 3. The monoisotopic (exact) mass is 609 g/mol. The summed E-state index contributed by atoms with van der Waals surface area (Å²) >= 11 is 6.12. The lowest BCUT2D eigenvalue weighted by atomic mass is 9.79. The van der Waals surface area contributed by atoms with Gasteiger partial charge in [-0.05, 0) is 82.9 Å². The number of aromatic nitrogens is 1. The van der Waals surface area contributed by atoms with Crippen LogP contribution in [0.15, 0.2) is 48.5 Å². The van der Waals surface area contributed by atoms with Crippen LogP contribution in [-0.4, -0.2) is 59.0 Å². The second-order valence-corrected chi connectivity index (χ2v) is 13.4. The highest BCUT2D eigenvalue weighted by Gasteiger charge is 2.39. The van der Waals surface area contributed by atoms with E-state index in [1.807, 2.05) is 51.1 Å². The molecule has 2 heterocycles. The Balaban J connectivity index is 1.26. The van der Waals surface area contributed by atoms with Gasteiger partial charge in [0.05, 0.1) is 24.5 Å². The largest absolute Gasteiger partial charge is 0.460 e. The third-order valence-electron chi connectivity index (χ3n) is 7.71. The van der Waals surface area contributed by atoms with Crippen molar-refractivity contribution >= 4 is 40.3 Å². The molecule has 5 rings (SSSR count). The molecule has 3 N–H and O–H groups in total. The van der Waals surface area contributed by atoms with Gasteiger partial charge >= 0.3 is 5.97 Å². The number of H-pyrrole nitrogens is 1. The van der Waals surface area contributed by atoms with E-state index in [1.54, 1.807) is 32.0 Å². The number of carbonyl (C=O) groups is 3. The third kappa shape index (κ3) is 7.96. The maximum atomic E-state index is 13.7. The molecule has 3 aromatic rings. The van der Waals surface area contributed by atoms with Crippen LogP contribution in [-0.2, 0) is 36.6 Å². The molecule has 4 atom stereocenters. The summed E-state index contributed by atoms with van der Waals surface area (Å²) in [5.74, 6) is -2.20. The lowest BCUT2D eigenvalue weighted by molar-refractivity contribution is -0.298. The number of aromatic amines is 1. The molecule has 0 spiro atoms. The molecule has 0 radical (unpaired) electrons. The Kier molecular flexibility index (Phi) is 8.88. The summed E-state index contributed by atoms with van der Waals surface area (Å²) in [6.45, 7) is 9.32. The molecule has 10 heteroatoms. The lowest BCUT2D eigenvalue weighted by Gasteiger charge is -2.41. The Morgan fingerprint density at radius 1 is 1.02 bits per heavy atom. The first kappa shape index (κ1) is 31.0. The smallest absolute Gasteiger partial charge is 0.308 e. The maximum absolute atomic E-state index is 13.7. The number of benzene rings is 2. The Bertz CT molecular complexity index is 1510. The van der Waals surface area contributed by atoms with Crippen molar-refractivity contribution in [2.75, 3.05) is 6.54 Å². The predicted octanol–water partition coefficient (Wildman–Crippen LogP) is 5.09. The van der Waals surface area contributed by atoms with Gasteiger partial charge in [-0.1, -0.05) is 35.9 Å². The van der Waals surface area contributed by atoms with Gasteiger partial charge in [-0.2, -0.15) is 0 Å². The van der Waals surface area contributed by atoms with Crippen LogP contribution in [0.25, 0.3) is 10.9 Å². The first-order valence-electron chi connectivity index (χ1n) is 14.8. The van der Waals surface area contributed by atoms with Gasteiger partial charge in [-0.25, -0.2) is 0 Å². The summed E-state index contributed by atoms with van der Waals surface area (Å²) < 4.78 is 17.6. The van der Waals surface area contributed by atoms with Crippen LogP contribution in [0.2, 0.25) is 5.02 Å². The average Bonchev–Trinajstić information content (AvgIpc) is 3.33. The van der Waals surface area contributed by atoms with Crippen molar-refractivity contribution in [1.82, 2.24) is 15.6 Å². The van der Waals surface area contributed by atoms with Crippen LogP contribution < -0.4 is 10.6 Å². The fourth-order valence-electron chi connectivity index (χ4n) is 6.00. The van der Waals surface area contributed by atoms with Gasteiger partial charge in [0, 0.05) is 34.9 Å². The molecule has 1 aliphatic carbocycles. The van der Waals surface area contributed by atoms with E-state index in [2.05, 4.69) is 15.6 Å². The molecule has 1 aromatic heterocycles. The van der Waals surface area contributed by atoms with E-state index < -0.39 is 29.5 Å². The highest BCUT2D eigenvalue weighted by atomic mass is 35.5. The zero-order valence-corrected chi connectivity index (χ0v) is 26.0. The van der Waals surface area contributed by atoms with Gasteiger partial charge in [0.25, 0.3) is 5.91 Å². The molecule has 2 aromatic carbocycles. The van der Waals surface area contributed by atoms with Gasteiger partial charge in [0.2, 0.25) is 5.91 Å². The van der Waals surface area contributed by atoms with Gasteiger partial charge in [0.15, 0.2) is 5.79 Å². The van der Waals surface area contributed by atoms with Crippen molar-refractivity contribution in [2.45, 2.75) is 89.9 Å². The van der Waals surface area contributed by atoms with E-state index in [-0.39, 0.29) is 36.9 Å². The number of hydrogen-bond donors (Lipinski definition) is 3. The third-order valence-corrected chi connectivity index (χ3v) is 7.94. The number of rotatable bonds is 7. The summed E-state index contributed by atoms with van der Waals surface area (Å²) in [5, 5.41) is 7.61.